The molecule has 0 amide bonds. The molecule has 2 aromatic rings. The van der Waals surface area contributed by atoms with Gasteiger partial charge < -0.3 is 4.74 Å². The van der Waals surface area contributed by atoms with Gasteiger partial charge >= 0.3 is 6.18 Å². The standard InChI is InChI=1S/C19H18F3N3O3S/c20-19(21,22)17-6-3-7-18(24-17)28-13-14-8-10-25(11-9-14)29(26,27)16-5-2-1-4-15(16)12-23/h1-7,14H,8-11,13H2. The molecule has 0 atom stereocenters. The summed E-state index contributed by atoms with van der Waals surface area (Å²) in [6, 6.07) is 11.4. The van der Waals surface area contributed by atoms with Crippen molar-refractivity contribution in [3.05, 3.63) is 53.7 Å². The third-order valence-corrected chi connectivity index (χ3v) is 6.64. The van der Waals surface area contributed by atoms with Crippen molar-refractivity contribution >= 4 is 10.0 Å². The SMILES string of the molecule is N#Cc1ccccc1S(=O)(=O)N1CCC(COc2cccc(C(F)(F)F)n2)CC1. The molecule has 2 heterocycles. The molecule has 29 heavy (non-hydrogen) atoms. The first-order valence-corrected chi connectivity index (χ1v) is 10.3. The highest BCUT2D eigenvalue weighted by Crippen LogP contribution is 2.29. The topological polar surface area (TPSA) is 83.3 Å². The monoisotopic (exact) mass is 425 g/mol. The van der Waals surface area contributed by atoms with Crippen LogP contribution < -0.4 is 4.74 Å². The second-order valence-corrected chi connectivity index (χ2v) is 8.53. The summed E-state index contributed by atoms with van der Waals surface area (Å²) in [5.74, 6) is -0.123. The van der Waals surface area contributed by atoms with Crippen LogP contribution >= 0.6 is 0 Å². The van der Waals surface area contributed by atoms with E-state index >= 15 is 0 Å². The van der Waals surface area contributed by atoms with E-state index in [1.807, 2.05) is 6.07 Å². The first-order chi connectivity index (χ1) is 13.7. The van der Waals surface area contributed by atoms with Crippen LogP contribution in [0.4, 0.5) is 13.2 Å². The first kappa shape index (κ1) is 21.1. The number of nitrogens with zero attached hydrogens (tertiary/aromatic N) is 3. The molecule has 0 N–H and O–H groups in total. The van der Waals surface area contributed by atoms with E-state index in [4.69, 9.17) is 10.00 Å². The number of ether oxygens (including phenoxy) is 1. The molecule has 154 valence electrons. The Morgan fingerprint density at radius 1 is 1.14 bits per heavy atom. The van der Waals surface area contributed by atoms with E-state index in [-0.39, 0.29) is 42.0 Å². The fraction of sp³-hybridized carbons (Fsp3) is 0.368. The summed E-state index contributed by atoms with van der Waals surface area (Å²) in [6.07, 6.45) is -3.56. The molecule has 6 nitrogen and oxygen atoms in total. The van der Waals surface area contributed by atoms with Crippen LogP contribution in [-0.2, 0) is 16.2 Å². The maximum Gasteiger partial charge on any atom is 0.433 e. The van der Waals surface area contributed by atoms with Crippen LogP contribution in [0.5, 0.6) is 5.88 Å². The summed E-state index contributed by atoms with van der Waals surface area (Å²) in [5.41, 5.74) is -0.930. The number of aromatic nitrogens is 1. The molecule has 0 unspecified atom stereocenters. The van der Waals surface area contributed by atoms with Gasteiger partial charge in [0.15, 0.2) is 0 Å². The van der Waals surface area contributed by atoms with E-state index in [9.17, 15) is 21.6 Å². The zero-order valence-electron chi connectivity index (χ0n) is 15.3. The average molecular weight is 425 g/mol. The molecule has 1 aromatic heterocycles. The highest BCUT2D eigenvalue weighted by Gasteiger charge is 2.33. The van der Waals surface area contributed by atoms with Crippen LogP contribution in [0.3, 0.4) is 0 Å². The second kappa shape index (κ2) is 8.39. The number of piperidine rings is 1. The van der Waals surface area contributed by atoms with Crippen LogP contribution in [0.15, 0.2) is 47.4 Å². The summed E-state index contributed by atoms with van der Waals surface area (Å²) in [5, 5.41) is 9.14. The van der Waals surface area contributed by atoms with Gasteiger partial charge in [-0.2, -0.15) is 22.7 Å². The molecule has 10 heteroatoms. The number of sulfonamides is 1. The van der Waals surface area contributed by atoms with E-state index < -0.39 is 21.9 Å². The largest absolute Gasteiger partial charge is 0.477 e. The molecule has 1 saturated heterocycles. The molecule has 1 aliphatic rings. The molecule has 0 aliphatic carbocycles. The number of alkyl halides is 3. The van der Waals surface area contributed by atoms with Gasteiger partial charge in [-0.3, -0.25) is 0 Å². The molecule has 0 radical (unpaired) electrons. The smallest absolute Gasteiger partial charge is 0.433 e. The highest BCUT2D eigenvalue weighted by atomic mass is 32.2. The lowest BCUT2D eigenvalue weighted by molar-refractivity contribution is -0.141. The number of benzene rings is 1. The minimum absolute atomic E-state index is 0.0102. The first-order valence-electron chi connectivity index (χ1n) is 8.88. The van der Waals surface area contributed by atoms with Crippen molar-refractivity contribution in [3.63, 3.8) is 0 Å². The van der Waals surface area contributed by atoms with E-state index in [1.54, 1.807) is 12.1 Å². The molecular formula is C19H18F3N3O3S. The van der Waals surface area contributed by atoms with Gasteiger partial charge in [0.25, 0.3) is 0 Å². The lowest BCUT2D eigenvalue weighted by Gasteiger charge is -2.31. The Bertz CT molecular complexity index is 1010. The van der Waals surface area contributed by atoms with Gasteiger partial charge in [0.2, 0.25) is 15.9 Å². The molecule has 3 rings (SSSR count). The number of pyridine rings is 1. The fourth-order valence-corrected chi connectivity index (χ4v) is 4.71. The maximum atomic E-state index is 12.8. The van der Waals surface area contributed by atoms with Crippen molar-refractivity contribution in [3.8, 4) is 11.9 Å². The molecule has 1 aromatic carbocycles. The van der Waals surface area contributed by atoms with Crippen LogP contribution in [0, 0.1) is 17.2 Å². The van der Waals surface area contributed by atoms with Gasteiger partial charge in [-0.05, 0) is 37.0 Å². The minimum atomic E-state index is -4.54. The van der Waals surface area contributed by atoms with Crippen LogP contribution in [0.25, 0.3) is 0 Å². The highest BCUT2D eigenvalue weighted by molar-refractivity contribution is 7.89. The van der Waals surface area contributed by atoms with Crippen LogP contribution in [-0.4, -0.2) is 37.4 Å². The van der Waals surface area contributed by atoms with Gasteiger partial charge in [0.1, 0.15) is 11.8 Å². The van der Waals surface area contributed by atoms with Crippen LogP contribution in [0.2, 0.25) is 0 Å². The average Bonchev–Trinajstić information content (AvgIpc) is 2.72. The zero-order valence-corrected chi connectivity index (χ0v) is 16.1. The van der Waals surface area contributed by atoms with E-state index in [0.29, 0.717) is 12.8 Å². The number of nitriles is 1. The normalized spacial score (nSPS) is 16.3. The second-order valence-electron chi connectivity index (χ2n) is 6.63. The lowest BCUT2D eigenvalue weighted by atomic mass is 9.99. The lowest BCUT2D eigenvalue weighted by Crippen LogP contribution is -2.39. The van der Waals surface area contributed by atoms with Gasteiger partial charge in [0, 0.05) is 19.2 Å². The Hall–Kier alpha value is -2.64. The number of halogens is 3. The van der Waals surface area contributed by atoms with Crippen molar-refractivity contribution < 1.29 is 26.3 Å². The Morgan fingerprint density at radius 2 is 1.83 bits per heavy atom. The summed E-state index contributed by atoms with van der Waals surface area (Å²) in [4.78, 5) is 3.43. The summed E-state index contributed by atoms with van der Waals surface area (Å²) >= 11 is 0. The molecule has 0 spiro atoms. The Balaban J connectivity index is 1.59. The van der Waals surface area contributed by atoms with Crippen LogP contribution in [0.1, 0.15) is 24.1 Å². The molecule has 0 bridgehead atoms. The molecule has 1 aliphatic heterocycles. The van der Waals surface area contributed by atoms with E-state index in [0.717, 1.165) is 6.07 Å². The van der Waals surface area contributed by atoms with Crippen molar-refractivity contribution in [2.24, 2.45) is 5.92 Å². The van der Waals surface area contributed by atoms with E-state index in [2.05, 4.69) is 4.98 Å². The Labute approximate surface area is 166 Å². The van der Waals surface area contributed by atoms with Crippen molar-refractivity contribution in [1.82, 2.24) is 9.29 Å². The zero-order chi connectivity index (χ0) is 21.1. The van der Waals surface area contributed by atoms with Crippen molar-refractivity contribution in [2.75, 3.05) is 19.7 Å². The Morgan fingerprint density at radius 3 is 2.48 bits per heavy atom. The maximum absolute atomic E-state index is 12.8. The third-order valence-electron chi connectivity index (χ3n) is 4.68. The Kier molecular flexibility index (Phi) is 6.10. The van der Waals surface area contributed by atoms with Gasteiger partial charge in [-0.25, -0.2) is 13.4 Å². The number of rotatable bonds is 5. The molecular weight excluding hydrogens is 407 g/mol. The summed E-state index contributed by atoms with van der Waals surface area (Å²) < 4.78 is 70.5. The molecule has 1 fully saturated rings. The predicted octanol–water partition coefficient (Wildman–Crippen LogP) is 3.45. The van der Waals surface area contributed by atoms with E-state index in [1.165, 1.54) is 28.6 Å². The quantitative estimate of drug-likeness (QED) is 0.733. The van der Waals surface area contributed by atoms with Gasteiger partial charge in [0.05, 0.1) is 17.1 Å². The number of hydrogen-bond acceptors (Lipinski definition) is 5. The third kappa shape index (κ3) is 4.86. The summed E-state index contributed by atoms with van der Waals surface area (Å²) in [7, 11) is -3.78. The van der Waals surface area contributed by atoms with Crippen molar-refractivity contribution in [2.45, 2.75) is 23.9 Å². The minimum Gasteiger partial charge on any atom is -0.477 e. The summed E-state index contributed by atoms with van der Waals surface area (Å²) in [6.45, 7) is 0.634. The van der Waals surface area contributed by atoms with Gasteiger partial charge in [-0.15, -0.1) is 0 Å². The molecule has 0 saturated carbocycles. The fourth-order valence-electron chi connectivity index (χ4n) is 3.10. The van der Waals surface area contributed by atoms with Gasteiger partial charge in [-0.1, -0.05) is 18.2 Å². The predicted molar refractivity (Wildman–Crippen MR) is 97.4 cm³/mol. The van der Waals surface area contributed by atoms with Crippen molar-refractivity contribution in [1.29, 1.82) is 5.26 Å². The number of hydrogen-bond donors (Lipinski definition) is 0.